The summed E-state index contributed by atoms with van der Waals surface area (Å²) in [6, 6.07) is 8.66. The molecule has 0 fully saturated rings. The molecule has 4 N–H and O–H groups in total. The molecule has 0 atom stereocenters. The maximum Gasteiger partial charge on any atom is 0.337 e. The van der Waals surface area contributed by atoms with Gasteiger partial charge in [0.1, 0.15) is 5.82 Å². The first kappa shape index (κ1) is 13.4. The highest BCUT2D eigenvalue weighted by molar-refractivity contribution is 9.10. The van der Waals surface area contributed by atoms with Crippen molar-refractivity contribution in [1.82, 2.24) is 0 Å². The van der Waals surface area contributed by atoms with Crippen molar-refractivity contribution in [3.8, 4) is 0 Å². The molecule has 0 aromatic heterocycles. The van der Waals surface area contributed by atoms with E-state index in [1.807, 2.05) is 0 Å². The van der Waals surface area contributed by atoms with Crippen LogP contribution in [0.25, 0.3) is 0 Å². The standard InChI is InChI=1S/C13H10BrFN2O2/c14-10-6-11(16)9(13(18)19)5-12(10)17-8-3-1-7(15)2-4-8/h1-6,17H,16H2,(H,18,19). The fourth-order valence-electron chi connectivity index (χ4n) is 1.56. The van der Waals surface area contributed by atoms with E-state index < -0.39 is 5.97 Å². The SMILES string of the molecule is Nc1cc(Br)c(Nc2ccc(F)cc2)cc1C(=O)O. The van der Waals surface area contributed by atoms with Crippen molar-refractivity contribution in [2.45, 2.75) is 0 Å². The average Bonchev–Trinajstić information content (AvgIpc) is 2.34. The molecule has 0 aliphatic heterocycles. The molecule has 2 rings (SSSR count). The van der Waals surface area contributed by atoms with E-state index in [0.29, 0.717) is 15.8 Å². The Morgan fingerprint density at radius 3 is 2.47 bits per heavy atom. The van der Waals surface area contributed by atoms with Gasteiger partial charge in [-0.2, -0.15) is 0 Å². The van der Waals surface area contributed by atoms with Crippen LogP contribution in [0, 0.1) is 5.82 Å². The summed E-state index contributed by atoms with van der Waals surface area (Å²) in [4.78, 5) is 11.0. The molecule has 0 unspecified atom stereocenters. The number of hydrogen-bond acceptors (Lipinski definition) is 3. The molecule has 2 aromatic carbocycles. The van der Waals surface area contributed by atoms with Crippen molar-refractivity contribution in [2.24, 2.45) is 0 Å². The van der Waals surface area contributed by atoms with Gasteiger partial charge in [-0.05, 0) is 52.3 Å². The maximum atomic E-state index is 12.8. The molecule has 0 bridgehead atoms. The van der Waals surface area contributed by atoms with E-state index >= 15 is 0 Å². The summed E-state index contributed by atoms with van der Waals surface area (Å²) >= 11 is 3.29. The second-order valence-corrected chi connectivity index (χ2v) is 4.71. The monoisotopic (exact) mass is 324 g/mol. The predicted molar refractivity (Wildman–Crippen MR) is 75.2 cm³/mol. The number of anilines is 3. The van der Waals surface area contributed by atoms with Crippen molar-refractivity contribution < 1.29 is 14.3 Å². The summed E-state index contributed by atoms with van der Waals surface area (Å²) in [7, 11) is 0. The topological polar surface area (TPSA) is 75.3 Å². The van der Waals surface area contributed by atoms with Crippen LogP contribution in [0.4, 0.5) is 21.5 Å². The third-order valence-corrected chi connectivity index (χ3v) is 3.15. The van der Waals surface area contributed by atoms with Gasteiger partial charge in [-0.15, -0.1) is 0 Å². The first-order chi connectivity index (χ1) is 8.97. The summed E-state index contributed by atoms with van der Waals surface area (Å²) in [5.41, 5.74) is 6.98. The van der Waals surface area contributed by atoms with E-state index in [1.54, 1.807) is 12.1 Å². The summed E-state index contributed by atoms with van der Waals surface area (Å²) in [6.07, 6.45) is 0. The van der Waals surface area contributed by atoms with E-state index in [2.05, 4.69) is 21.2 Å². The van der Waals surface area contributed by atoms with Gasteiger partial charge >= 0.3 is 5.97 Å². The Kier molecular flexibility index (Phi) is 3.71. The molecule has 0 aliphatic rings. The van der Waals surface area contributed by atoms with Crippen LogP contribution in [0.15, 0.2) is 40.9 Å². The van der Waals surface area contributed by atoms with Crippen molar-refractivity contribution in [2.75, 3.05) is 11.1 Å². The highest BCUT2D eigenvalue weighted by Crippen LogP contribution is 2.30. The van der Waals surface area contributed by atoms with Crippen LogP contribution in [0.2, 0.25) is 0 Å². The molecule has 0 saturated carbocycles. The number of nitrogens with one attached hydrogen (secondary N) is 1. The van der Waals surface area contributed by atoms with Crippen LogP contribution in [0.5, 0.6) is 0 Å². The minimum atomic E-state index is -1.10. The fourth-order valence-corrected chi connectivity index (χ4v) is 2.02. The fraction of sp³-hybridized carbons (Fsp3) is 0. The van der Waals surface area contributed by atoms with Crippen LogP contribution >= 0.6 is 15.9 Å². The zero-order valence-corrected chi connectivity index (χ0v) is 11.2. The second kappa shape index (κ2) is 5.27. The molecule has 0 amide bonds. The summed E-state index contributed by atoms with van der Waals surface area (Å²) in [5.74, 6) is -1.44. The first-order valence-electron chi connectivity index (χ1n) is 5.32. The van der Waals surface area contributed by atoms with Crippen molar-refractivity contribution in [3.05, 3.63) is 52.3 Å². The lowest BCUT2D eigenvalue weighted by atomic mass is 10.1. The number of nitrogens with two attached hydrogens (primary N) is 1. The van der Waals surface area contributed by atoms with E-state index in [-0.39, 0.29) is 17.1 Å². The molecule has 0 heterocycles. The minimum absolute atomic E-state index is 0.00723. The van der Waals surface area contributed by atoms with Crippen LogP contribution < -0.4 is 11.1 Å². The Bertz CT molecular complexity index is 629. The Hall–Kier alpha value is -2.08. The molecule has 4 nitrogen and oxygen atoms in total. The van der Waals surface area contributed by atoms with E-state index in [0.717, 1.165) is 0 Å². The van der Waals surface area contributed by atoms with Gasteiger partial charge in [-0.3, -0.25) is 0 Å². The third-order valence-electron chi connectivity index (χ3n) is 2.49. The zero-order valence-electron chi connectivity index (χ0n) is 9.65. The van der Waals surface area contributed by atoms with Gasteiger partial charge < -0.3 is 16.2 Å². The van der Waals surface area contributed by atoms with Crippen molar-refractivity contribution in [1.29, 1.82) is 0 Å². The zero-order chi connectivity index (χ0) is 14.0. The van der Waals surface area contributed by atoms with Gasteiger partial charge in [-0.25, -0.2) is 9.18 Å². The number of carbonyl (C=O) groups is 1. The Labute approximate surface area is 117 Å². The number of aromatic carboxylic acids is 1. The normalized spacial score (nSPS) is 10.2. The number of carboxylic acids is 1. The van der Waals surface area contributed by atoms with Gasteiger partial charge in [0, 0.05) is 15.8 Å². The van der Waals surface area contributed by atoms with E-state index in [4.69, 9.17) is 10.8 Å². The van der Waals surface area contributed by atoms with Crippen molar-refractivity contribution >= 4 is 39.0 Å². The number of halogens is 2. The molecule has 0 spiro atoms. The average molecular weight is 325 g/mol. The predicted octanol–water partition coefficient (Wildman–Crippen LogP) is 3.61. The maximum absolute atomic E-state index is 12.8. The van der Waals surface area contributed by atoms with Crippen LogP contribution in [0.3, 0.4) is 0 Å². The first-order valence-corrected chi connectivity index (χ1v) is 6.11. The largest absolute Gasteiger partial charge is 0.478 e. The van der Waals surface area contributed by atoms with Gasteiger partial charge in [0.15, 0.2) is 0 Å². The molecule has 2 aromatic rings. The third kappa shape index (κ3) is 3.03. The van der Waals surface area contributed by atoms with Crippen LogP contribution in [-0.2, 0) is 0 Å². The molecule has 0 aliphatic carbocycles. The Morgan fingerprint density at radius 2 is 1.89 bits per heavy atom. The highest BCUT2D eigenvalue weighted by atomic mass is 79.9. The highest BCUT2D eigenvalue weighted by Gasteiger charge is 2.12. The van der Waals surface area contributed by atoms with Gasteiger partial charge in [0.2, 0.25) is 0 Å². The lowest BCUT2D eigenvalue weighted by Gasteiger charge is -2.11. The molecule has 98 valence electrons. The minimum Gasteiger partial charge on any atom is -0.478 e. The quantitative estimate of drug-likeness (QED) is 0.754. The Morgan fingerprint density at radius 1 is 1.26 bits per heavy atom. The lowest BCUT2D eigenvalue weighted by Crippen LogP contribution is -2.04. The smallest absolute Gasteiger partial charge is 0.337 e. The van der Waals surface area contributed by atoms with Crippen molar-refractivity contribution in [3.63, 3.8) is 0 Å². The van der Waals surface area contributed by atoms with Gasteiger partial charge in [0.05, 0.1) is 11.3 Å². The summed E-state index contributed by atoms with van der Waals surface area (Å²) in [6.45, 7) is 0. The second-order valence-electron chi connectivity index (χ2n) is 3.86. The van der Waals surface area contributed by atoms with E-state index in [9.17, 15) is 9.18 Å². The molecular formula is C13H10BrFN2O2. The number of carboxylic acid groups (broad SMARTS) is 1. The number of rotatable bonds is 3. The van der Waals surface area contributed by atoms with E-state index in [1.165, 1.54) is 24.3 Å². The molecule has 6 heteroatoms. The molecule has 19 heavy (non-hydrogen) atoms. The number of benzene rings is 2. The number of hydrogen-bond donors (Lipinski definition) is 3. The summed E-state index contributed by atoms with van der Waals surface area (Å²) < 4.78 is 13.4. The summed E-state index contributed by atoms with van der Waals surface area (Å²) in [5, 5.41) is 12.0. The molecule has 0 radical (unpaired) electrons. The number of nitrogen functional groups attached to an aromatic ring is 1. The van der Waals surface area contributed by atoms with Gasteiger partial charge in [-0.1, -0.05) is 0 Å². The van der Waals surface area contributed by atoms with Crippen LogP contribution in [-0.4, -0.2) is 11.1 Å². The van der Waals surface area contributed by atoms with Crippen LogP contribution in [0.1, 0.15) is 10.4 Å². The molecular weight excluding hydrogens is 315 g/mol. The van der Waals surface area contributed by atoms with Gasteiger partial charge in [0.25, 0.3) is 0 Å². The lowest BCUT2D eigenvalue weighted by molar-refractivity contribution is 0.0698. The Balaban J connectivity index is 2.37. The molecule has 0 saturated heterocycles.